The van der Waals surface area contributed by atoms with Crippen LogP contribution in [0.5, 0.6) is 0 Å². The minimum absolute atomic E-state index is 0. The smallest absolute Gasteiger partial charge is 0.409 e. The van der Waals surface area contributed by atoms with Crippen LogP contribution in [-0.2, 0) is 24.2 Å². The molecule has 1 N–H and O–H groups in total. The van der Waals surface area contributed by atoms with Crippen molar-refractivity contribution in [1.29, 1.82) is 0 Å². The van der Waals surface area contributed by atoms with Gasteiger partial charge in [-0.15, -0.1) is 24.0 Å². The molecule has 29 heavy (non-hydrogen) atoms. The monoisotopic (exact) mass is 521 g/mol. The summed E-state index contributed by atoms with van der Waals surface area (Å²) in [6.45, 7) is 6.97. The van der Waals surface area contributed by atoms with E-state index in [-0.39, 0.29) is 35.8 Å². The van der Waals surface area contributed by atoms with Crippen LogP contribution in [-0.4, -0.2) is 82.6 Å². The lowest BCUT2D eigenvalue weighted by atomic mass is 10.2. The predicted octanol–water partition coefficient (Wildman–Crippen LogP) is 0.739. The van der Waals surface area contributed by atoms with E-state index < -0.39 is 0 Å². The molecule has 2 aliphatic rings. The second-order valence-electron chi connectivity index (χ2n) is 7.03. The first kappa shape index (κ1) is 23.5. The molecule has 0 atom stereocenters. The maximum atomic E-state index is 12.3. The number of aliphatic imine (C=N–C) groups is 1. The van der Waals surface area contributed by atoms with E-state index in [1.54, 1.807) is 21.2 Å². The highest BCUT2D eigenvalue weighted by Gasteiger charge is 2.23. The fraction of sp³-hybridized carbons (Fsp3) is 0.778. The van der Waals surface area contributed by atoms with Crippen molar-refractivity contribution in [1.82, 2.24) is 29.5 Å². The predicted molar refractivity (Wildman–Crippen MR) is 121 cm³/mol. The van der Waals surface area contributed by atoms with Gasteiger partial charge in [0.1, 0.15) is 5.82 Å². The standard InChI is InChI=1S/C18H31N7O3.HI/c1-3-28-18(27)23-13-11-22(12-14-23)16(19-2)20-8-6-10-25-17(26)24-9-5-4-7-15(24)21-25;/h3-14H2,1-2H3,(H,19,20);1H. The molecule has 10 nitrogen and oxygen atoms in total. The van der Waals surface area contributed by atoms with Gasteiger partial charge in [-0.2, -0.15) is 5.10 Å². The van der Waals surface area contributed by atoms with Gasteiger partial charge in [0.15, 0.2) is 5.96 Å². The zero-order valence-corrected chi connectivity index (χ0v) is 19.6. The number of amides is 1. The molecule has 0 radical (unpaired) electrons. The molecule has 1 saturated heterocycles. The van der Waals surface area contributed by atoms with Crippen molar-refractivity contribution >= 4 is 36.0 Å². The molecule has 0 saturated carbocycles. The quantitative estimate of drug-likeness (QED) is 0.266. The molecule has 11 heteroatoms. The van der Waals surface area contributed by atoms with Crippen LogP contribution in [0.25, 0.3) is 0 Å². The van der Waals surface area contributed by atoms with Gasteiger partial charge in [-0.3, -0.25) is 9.56 Å². The fourth-order valence-corrected chi connectivity index (χ4v) is 3.67. The molecule has 2 aliphatic heterocycles. The summed E-state index contributed by atoms with van der Waals surface area (Å²) in [4.78, 5) is 32.3. The molecule has 0 spiro atoms. The maximum absolute atomic E-state index is 12.3. The zero-order chi connectivity index (χ0) is 19.9. The lowest BCUT2D eigenvalue weighted by Crippen LogP contribution is -2.54. The van der Waals surface area contributed by atoms with Gasteiger partial charge in [-0.05, 0) is 26.2 Å². The van der Waals surface area contributed by atoms with Crippen LogP contribution >= 0.6 is 24.0 Å². The van der Waals surface area contributed by atoms with E-state index in [0.29, 0.717) is 45.9 Å². The fourth-order valence-electron chi connectivity index (χ4n) is 3.67. The Morgan fingerprint density at radius 2 is 1.90 bits per heavy atom. The lowest BCUT2D eigenvalue weighted by molar-refractivity contribution is 0.0914. The number of hydrogen-bond donors (Lipinski definition) is 1. The average Bonchev–Trinajstić information content (AvgIpc) is 3.04. The van der Waals surface area contributed by atoms with Gasteiger partial charge in [-0.25, -0.2) is 14.3 Å². The van der Waals surface area contributed by atoms with Crippen LogP contribution in [0.2, 0.25) is 0 Å². The molecule has 0 bridgehead atoms. The van der Waals surface area contributed by atoms with Crippen LogP contribution in [0.1, 0.15) is 32.0 Å². The van der Waals surface area contributed by atoms with Gasteiger partial charge in [0.25, 0.3) is 0 Å². The van der Waals surface area contributed by atoms with E-state index in [0.717, 1.165) is 44.0 Å². The third kappa shape index (κ3) is 5.86. The Kier molecular flexibility index (Phi) is 9.24. The largest absolute Gasteiger partial charge is 0.450 e. The molecule has 1 amide bonds. The molecule has 0 aliphatic carbocycles. The van der Waals surface area contributed by atoms with Gasteiger partial charge in [0.05, 0.1) is 6.61 Å². The highest BCUT2D eigenvalue weighted by molar-refractivity contribution is 14.0. The van der Waals surface area contributed by atoms with Gasteiger partial charge >= 0.3 is 11.8 Å². The maximum Gasteiger partial charge on any atom is 0.409 e. The van der Waals surface area contributed by atoms with Crippen molar-refractivity contribution in [3.8, 4) is 0 Å². The number of carbonyl (C=O) groups excluding carboxylic acids is 1. The summed E-state index contributed by atoms with van der Waals surface area (Å²) >= 11 is 0. The number of halogens is 1. The Labute approximate surface area is 188 Å². The number of hydrogen-bond acceptors (Lipinski definition) is 5. The van der Waals surface area contributed by atoms with E-state index in [9.17, 15) is 9.59 Å². The Bertz CT molecular complexity index is 753. The van der Waals surface area contributed by atoms with Crippen LogP contribution in [0.3, 0.4) is 0 Å². The minimum Gasteiger partial charge on any atom is -0.450 e. The third-order valence-corrected chi connectivity index (χ3v) is 5.18. The summed E-state index contributed by atoms with van der Waals surface area (Å²) in [6, 6.07) is 0. The normalized spacial score (nSPS) is 16.8. The molecule has 0 aromatic carbocycles. The summed E-state index contributed by atoms with van der Waals surface area (Å²) in [6.07, 6.45) is 3.60. The number of piperazine rings is 1. The van der Waals surface area contributed by atoms with Crippen molar-refractivity contribution in [3.05, 3.63) is 16.3 Å². The highest BCUT2D eigenvalue weighted by Crippen LogP contribution is 2.09. The van der Waals surface area contributed by atoms with E-state index in [4.69, 9.17) is 4.74 Å². The van der Waals surface area contributed by atoms with Gasteiger partial charge in [0, 0.05) is 59.3 Å². The number of guanidine groups is 1. The Morgan fingerprint density at radius 3 is 2.55 bits per heavy atom. The first-order valence-electron chi connectivity index (χ1n) is 10.2. The molecule has 164 valence electrons. The van der Waals surface area contributed by atoms with Crippen molar-refractivity contribution < 1.29 is 9.53 Å². The Hall–Kier alpha value is -1.79. The second-order valence-corrected chi connectivity index (χ2v) is 7.03. The first-order valence-corrected chi connectivity index (χ1v) is 10.2. The number of nitrogens with zero attached hydrogens (tertiary/aromatic N) is 6. The summed E-state index contributed by atoms with van der Waals surface area (Å²) in [5.41, 5.74) is 0.00849. The second kappa shape index (κ2) is 11.4. The topological polar surface area (TPSA) is 97.0 Å². The highest BCUT2D eigenvalue weighted by atomic mass is 127. The van der Waals surface area contributed by atoms with Gasteiger partial charge < -0.3 is 19.9 Å². The number of nitrogens with one attached hydrogen (secondary N) is 1. The first-order chi connectivity index (χ1) is 13.6. The number of rotatable bonds is 5. The van der Waals surface area contributed by atoms with E-state index in [1.165, 1.54) is 0 Å². The number of aryl methyl sites for hydroxylation is 2. The van der Waals surface area contributed by atoms with Crippen molar-refractivity contribution in [2.75, 3.05) is 46.4 Å². The summed E-state index contributed by atoms with van der Waals surface area (Å²) < 4.78 is 8.44. The molecule has 1 fully saturated rings. The zero-order valence-electron chi connectivity index (χ0n) is 17.3. The SMILES string of the molecule is CCOC(=O)N1CCN(C(=NC)NCCCn2nc3n(c2=O)CCCC3)CC1.I. The number of ether oxygens (including phenoxy) is 1. The molecule has 1 aromatic rings. The van der Waals surface area contributed by atoms with Crippen molar-refractivity contribution in [2.45, 2.75) is 45.7 Å². The molecule has 1 aromatic heterocycles. The number of fused-ring (bicyclic) bond motifs is 1. The van der Waals surface area contributed by atoms with Crippen LogP contribution in [0, 0.1) is 0 Å². The molecule has 0 unspecified atom stereocenters. The van der Waals surface area contributed by atoms with Crippen LogP contribution in [0.4, 0.5) is 4.79 Å². The Balaban J connectivity index is 0.00000300. The number of aromatic nitrogens is 3. The summed E-state index contributed by atoms with van der Waals surface area (Å²) in [7, 11) is 1.76. The third-order valence-electron chi connectivity index (χ3n) is 5.18. The van der Waals surface area contributed by atoms with Gasteiger partial charge in [0.2, 0.25) is 0 Å². The van der Waals surface area contributed by atoms with Crippen LogP contribution < -0.4 is 11.0 Å². The van der Waals surface area contributed by atoms with Gasteiger partial charge in [-0.1, -0.05) is 0 Å². The average molecular weight is 521 g/mol. The molecule has 3 heterocycles. The lowest BCUT2D eigenvalue weighted by Gasteiger charge is -2.35. The van der Waals surface area contributed by atoms with Crippen molar-refractivity contribution in [2.24, 2.45) is 4.99 Å². The number of carbonyl (C=O) groups is 1. The van der Waals surface area contributed by atoms with E-state index in [2.05, 4.69) is 20.3 Å². The summed E-state index contributed by atoms with van der Waals surface area (Å²) in [5, 5.41) is 7.82. The summed E-state index contributed by atoms with van der Waals surface area (Å²) in [5.74, 6) is 1.74. The molecule has 3 rings (SSSR count). The molecular formula is C18H32IN7O3. The van der Waals surface area contributed by atoms with Crippen LogP contribution in [0.15, 0.2) is 9.79 Å². The Morgan fingerprint density at radius 1 is 1.17 bits per heavy atom. The molecular weight excluding hydrogens is 489 g/mol. The van der Waals surface area contributed by atoms with Crippen molar-refractivity contribution in [3.63, 3.8) is 0 Å². The van der Waals surface area contributed by atoms with E-state index in [1.807, 2.05) is 6.92 Å². The minimum atomic E-state index is -0.252. The van der Waals surface area contributed by atoms with E-state index >= 15 is 0 Å².